The lowest BCUT2D eigenvalue weighted by Crippen LogP contribution is -2.03. The standard InChI is InChI=1S/C21H14O/c1-3-7-16-14(5-1)9-10-18-17(16)11-12-21-19(18)13-15-6-2-4-8-20(15)22-21/h1-12H,13H2. The lowest BCUT2D eigenvalue weighted by atomic mass is 9.92. The van der Waals surface area contributed by atoms with Crippen LogP contribution in [0, 0.1) is 0 Å². The van der Waals surface area contributed by atoms with Gasteiger partial charge in [-0.25, -0.2) is 0 Å². The first-order valence-corrected chi connectivity index (χ1v) is 7.59. The van der Waals surface area contributed by atoms with Crippen LogP contribution >= 0.6 is 0 Å². The van der Waals surface area contributed by atoms with Crippen LogP contribution in [0.4, 0.5) is 0 Å². The fourth-order valence-corrected chi connectivity index (χ4v) is 3.47. The first-order valence-electron chi connectivity index (χ1n) is 7.59. The number of rotatable bonds is 0. The molecular formula is C21H14O. The first kappa shape index (κ1) is 11.8. The van der Waals surface area contributed by atoms with Crippen molar-refractivity contribution in [2.45, 2.75) is 6.42 Å². The SMILES string of the molecule is c1ccc2c(c1)Cc1c(ccc3c1ccc1ccccc13)O2. The average Bonchev–Trinajstić information content (AvgIpc) is 2.59. The lowest BCUT2D eigenvalue weighted by molar-refractivity contribution is 0.461. The van der Waals surface area contributed by atoms with E-state index in [0.29, 0.717) is 0 Å². The second-order valence-corrected chi connectivity index (χ2v) is 5.81. The minimum atomic E-state index is 0.932. The second kappa shape index (κ2) is 4.35. The Morgan fingerprint density at radius 3 is 2.41 bits per heavy atom. The van der Waals surface area contributed by atoms with Crippen LogP contribution in [0.1, 0.15) is 11.1 Å². The Labute approximate surface area is 128 Å². The van der Waals surface area contributed by atoms with E-state index in [1.807, 2.05) is 12.1 Å². The summed E-state index contributed by atoms with van der Waals surface area (Å²) in [6, 6.07) is 25.6. The van der Waals surface area contributed by atoms with Crippen LogP contribution in [-0.2, 0) is 6.42 Å². The van der Waals surface area contributed by atoms with Crippen LogP contribution in [-0.4, -0.2) is 0 Å². The van der Waals surface area contributed by atoms with Gasteiger partial charge in [0.25, 0.3) is 0 Å². The molecule has 1 heteroatoms. The van der Waals surface area contributed by atoms with Crippen molar-refractivity contribution in [2.24, 2.45) is 0 Å². The molecule has 0 unspecified atom stereocenters. The predicted molar refractivity (Wildman–Crippen MR) is 90.8 cm³/mol. The van der Waals surface area contributed by atoms with Crippen molar-refractivity contribution < 1.29 is 4.74 Å². The number of ether oxygens (including phenoxy) is 1. The maximum atomic E-state index is 6.10. The monoisotopic (exact) mass is 282 g/mol. The number of para-hydroxylation sites is 1. The predicted octanol–water partition coefficient (Wildman–Crippen LogP) is 5.69. The normalized spacial score (nSPS) is 12.7. The zero-order chi connectivity index (χ0) is 14.5. The molecule has 0 atom stereocenters. The molecule has 0 bridgehead atoms. The molecule has 5 rings (SSSR count). The van der Waals surface area contributed by atoms with Gasteiger partial charge < -0.3 is 4.74 Å². The molecule has 0 spiro atoms. The molecule has 0 N–H and O–H groups in total. The van der Waals surface area contributed by atoms with Gasteiger partial charge in [0.2, 0.25) is 0 Å². The fourth-order valence-electron chi connectivity index (χ4n) is 3.47. The highest BCUT2D eigenvalue weighted by Crippen LogP contribution is 2.41. The lowest BCUT2D eigenvalue weighted by Gasteiger charge is -2.22. The molecule has 0 fully saturated rings. The average molecular weight is 282 g/mol. The summed E-state index contributed by atoms with van der Waals surface area (Å²) in [5.41, 5.74) is 2.55. The summed E-state index contributed by atoms with van der Waals surface area (Å²) in [7, 11) is 0. The molecular weight excluding hydrogens is 268 g/mol. The van der Waals surface area contributed by atoms with Crippen molar-refractivity contribution in [3.05, 3.63) is 83.9 Å². The molecule has 1 aliphatic heterocycles. The molecule has 4 aromatic rings. The Hall–Kier alpha value is -2.80. The van der Waals surface area contributed by atoms with Crippen LogP contribution in [0.5, 0.6) is 11.5 Å². The smallest absolute Gasteiger partial charge is 0.131 e. The van der Waals surface area contributed by atoms with E-state index in [4.69, 9.17) is 4.74 Å². The highest BCUT2D eigenvalue weighted by molar-refractivity contribution is 6.09. The van der Waals surface area contributed by atoms with Crippen LogP contribution in [0.3, 0.4) is 0 Å². The van der Waals surface area contributed by atoms with E-state index in [0.717, 1.165) is 17.9 Å². The summed E-state index contributed by atoms with van der Waals surface area (Å²) in [5.74, 6) is 1.97. The van der Waals surface area contributed by atoms with Crippen molar-refractivity contribution in [2.75, 3.05) is 0 Å². The van der Waals surface area contributed by atoms with E-state index in [1.54, 1.807) is 0 Å². The largest absolute Gasteiger partial charge is 0.457 e. The highest BCUT2D eigenvalue weighted by Gasteiger charge is 2.19. The molecule has 0 aliphatic carbocycles. The van der Waals surface area contributed by atoms with E-state index in [1.165, 1.54) is 32.7 Å². The van der Waals surface area contributed by atoms with E-state index >= 15 is 0 Å². The van der Waals surface area contributed by atoms with Crippen molar-refractivity contribution in [1.29, 1.82) is 0 Å². The molecule has 1 heterocycles. The molecule has 1 nitrogen and oxygen atoms in total. The Morgan fingerprint density at radius 2 is 1.41 bits per heavy atom. The van der Waals surface area contributed by atoms with E-state index in [-0.39, 0.29) is 0 Å². The third kappa shape index (κ3) is 1.59. The van der Waals surface area contributed by atoms with Gasteiger partial charge >= 0.3 is 0 Å². The van der Waals surface area contributed by atoms with Gasteiger partial charge in [0.05, 0.1) is 0 Å². The minimum Gasteiger partial charge on any atom is -0.457 e. The van der Waals surface area contributed by atoms with Gasteiger partial charge in [-0.3, -0.25) is 0 Å². The van der Waals surface area contributed by atoms with Gasteiger partial charge in [-0.05, 0) is 39.2 Å². The van der Waals surface area contributed by atoms with Crippen molar-refractivity contribution in [3.8, 4) is 11.5 Å². The summed E-state index contributed by atoms with van der Waals surface area (Å²) >= 11 is 0. The number of hydrogen-bond acceptors (Lipinski definition) is 1. The Morgan fingerprint density at radius 1 is 0.591 bits per heavy atom. The maximum Gasteiger partial charge on any atom is 0.131 e. The Balaban J connectivity index is 1.82. The van der Waals surface area contributed by atoms with E-state index < -0.39 is 0 Å². The molecule has 0 aromatic heterocycles. The second-order valence-electron chi connectivity index (χ2n) is 5.81. The molecule has 4 aromatic carbocycles. The summed E-state index contributed by atoms with van der Waals surface area (Å²) in [5, 5.41) is 5.19. The van der Waals surface area contributed by atoms with Gasteiger partial charge in [-0.2, -0.15) is 0 Å². The minimum absolute atomic E-state index is 0.932. The third-order valence-electron chi connectivity index (χ3n) is 4.55. The quantitative estimate of drug-likeness (QED) is 0.331. The van der Waals surface area contributed by atoms with E-state index in [2.05, 4.69) is 60.7 Å². The van der Waals surface area contributed by atoms with Gasteiger partial charge in [0.15, 0.2) is 0 Å². The topological polar surface area (TPSA) is 9.23 Å². The highest BCUT2D eigenvalue weighted by atomic mass is 16.5. The first-order chi connectivity index (χ1) is 10.9. The van der Waals surface area contributed by atoms with Crippen LogP contribution in [0.15, 0.2) is 72.8 Å². The molecule has 1 aliphatic rings. The molecule has 0 saturated carbocycles. The van der Waals surface area contributed by atoms with Gasteiger partial charge in [0.1, 0.15) is 11.5 Å². The van der Waals surface area contributed by atoms with Gasteiger partial charge in [-0.1, -0.05) is 60.7 Å². The summed E-state index contributed by atoms with van der Waals surface area (Å²) in [4.78, 5) is 0. The van der Waals surface area contributed by atoms with Crippen LogP contribution < -0.4 is 4.74 Å². The van der Waals surface area contributed by atoms with Crippen LogP contribution in [0.2, 0.25) is 0 Å². The Kier molecular flexibility index (Phi) is 2.33. The molecule has 104 valence electrons. The number of hydrogen-bond donors (Lipinski definition) is 0. The third-order valence-corrected chi connectivity index (χ3v) is 4.55. The van der Waals surface area contributed by atoms with Crippen LogP contribution in [0.25, 0.3) is 21.5 Å². The number of benzene rings is 4. The molecule has 0 radical (unpaired) electrons. The molecule has 0 saturated heterocycles. The summed E-state index contributed by atoms with van der Waals surface area (Å²) in [6.07, 6.45) is 0.932. The van der Waals surface area contributed by atoms with Gasteiger partial charge in [-0.15, -0.1) is 0 Å². The zero-order valence-electron chi connectivity index (χ0n) is 12.0. The fraction of sp³-hybridized carbons (Fsp3) is 0.0476. The zero-order valence-corrected chi connectivity index (χ0v) is 12.0. The summed E-state index contributed by atoms with van der Waals surface area (Å²) in [6.45, 7) is 0. The Bertz CT molecular complexity index is 1030. The molecule has 22 heavy (non-hydrogen) atoms. The van der Waals surface area contributed by atoms with E-state index in [9.17, 15) is 0 Å². The summed E-state index contributed by atoms with van der Waals surface area (Å²) < 4.78 is 6.10. The van der Waals surface area contributed by atoms with Crippen molar-refractivity contribution in [1.82, 2.24) is 0 Å². The van der Waals surface area contributed by atoms with Gasteiger partial charge in [0, 0.05) is 12.0 Å². The van der Waals surface area contributed by atoms with Crippen molar-refractivity contribution in [3.63, 3.8) is 0 Å². The number of fused-ring (bicyclic) bond motifs is 6. The molecule has 0 amide bonds. The maximum absolute atomic E-state index is 6.10. The van der Waals surface area contributed by atoms with Crippen molar-refractivity contribution >= 4 is 21.5 Å².